The van der Waals surface area contributed by atoms with E-state index in [4.69, 9.17) is 9.47 Å². The monoisotopic (exact) mass is 638 g/mol. The summed E-state index contributed by atoms with van der Waals surface area (Å²) in [6.07, 6.45) is 9.00. The molecular formula is C39H46N2O6. The Morgan fingerprint density at radius 2 is 1.45 bits per heavy atom. The summed E-state index contributed by atoms with van der Waals surface area (Å²) in [6.45, 7) is 0.363. The Labute approximate surface area is 277 Å². The van der Waals surface area contributed by atoms with Gasteiger partial charge in [-0.15, -0.1) is 0 Å². The average molecular weight is 639 g/mol. The number of nitrogens with one attached hydrogen (secondary N) is 2. The first-order chi connectivity index (χ1) is 22.9. The van der Waals surface area contributed by atoms with Gasteiger partial charge in [0.25, 0.3) is 0 Å². The lowest BCUT2D eigenvalue weighted by atomic mass is 9.93. The lowest BCUT2D eigenvalue weighted by Crippen LogP contribution is -2.50. The Morgan fingerprint density at radius 1 is 0.830 bits per heavy atom. The number of benzene rings is 3. The highest BCUT2D eigenvalue weighted by molar-refractivity contribution is 5.86. The molecule has 3 aromatic carbocycles. The maximum Gasteiger partial charge on any atom is 0.309 e. The molecule has 1 aliphatic heterocycles. The van der Waals surface area contributed by atoms with Crippen LogP contribution >= 0.6 is 0 Å². The van der Waals surface area contributed by atoms with Gasteiger partial charge in [-0.05, 0) is 67.3 Å². The van der Waals surface area contributed by atoms with E-state index < -0.39 is 17.5 Å². The quantitative estimate of drug-likeness (QED) is 0.190. The van der Waals surface area contributed by atoms with Crippen molar-refractivity contribution in [3.63, 3.8) is 0 Å². The summed E-state index contributed by atoms with van der Waals surface area (Å²) in [6, 6.07) is 27.0. The SMILES string of the molecule is O=C(C[C@H]1CC=CC[C@H](Cc2ccccc2)C(=O)OC[C@H](Cc2ccc(OCc3ccccc3)cc2)NC1=O)NC1(CO)CCCC1. The van der Waals surface area contributed by atoms with E-state index in [1.807, 2.05) is 97.1 Å². The molecule has 8 nitrogen and oxygen atoms in total. The minimum atomic E-state index is -0.609. The minimum absolute atomic E-state index is 0.00528. The van der Waals surface area contributed by atoms with Crippen LogP contribution in [0.1, 0.15) is 61.6 Å². The van der Waals surface area contributed by atoms with Gasteiger partial charge in [0.05, 0.1) is 30.0 Å². The molecule has 3 N–H and O–H groups in total. The Hall–Kier alpha value is -4.43. The number of aliphatic hydroxyl groups excluding tert-OH is 1. The number of cyclic esters (lactones) is 1. The summed E-state index contributed by atoms with van der Waals surface area (Å²) in [5.41, 5.74) is 2.47. The first kappa shape index (κ1) is 33.9. The number of allylic oxidation sites excluding steroid dienone is 2. The lowest BCUT2D eigenvalue weighted by molar-refractivity contribution is -0.150. The number of ether oxygens (including phenoxy) is 2. The maximum atomic E-state index is 13.7. The number of esters is 1. The second-order valence-corrected chi connectivity index (χ2v) is 12.9. The Bertz CT molecular complexity index is 1470. The van der Waals surface area contributed by atoms with Gasteiger partial charge in [-0.25, -0.2) is 0 Å². The zero-order valence-corrected chi connectivity index (χ0v) is 26.9. The minimum Gasteiger partial charge on any atom is -0.489 e. The average Bonchev–Trinajstić information content (AvgIpc) is 3.56. The topological polar surface area (TPSA) is 114 Å². The van der Waals surface area contributed by atoms with E-state index >= 15 is 0 Å². The van der Waals surface area contributed by atoms with Gasteiger partial charge in [-0.2, -0.15) is 0 Å². The van der Waals surface area contributed by atoms with E-state index in [1.54, 1.807) is 0 Å². The zero-order chi connectivity index (χ0) is 32.9. The molecule has 0 bridgehead atoms. The van der Waals surface area contributed by atoms with Crippen LogP contribution in [0.2, 0.25) is 0 Å². The second-order valence-electron chi connectivity index (χ2n) is 12.9. The maximum absolute atomic E-state index is 13.7. The normalized spacial score (nSPS) is 21.5. The number of hydrogen-bond donors (Lipinski definition) is 3. The molecule has 2 aliphatic rings. The van der Waals surface area contributed by atoms with E-state index in [0.717, 1.165) is 48.1 Å². The van der Waals surface area contributed by atoms with Crippen molar-refractivity contribution in [1.82, 2.24) is 10.6 Å². The van der Waals surface area contributed by atoms with Gasteiger partial charge in [0.1, 0.15) is 19.0 Å². The fourth-order valence-electron chi connectivity index (χ4n) is 6.43. The molecule has 0 saturated heterocycles. The largest absolute Gasteiger partial charge is 0.489 e. The Kier molecular flexibility index (Phi) is 12.2. The Morgan fingerprint density at radius 3 is 2.11 bits per heavy atom. The van der Waals surface area contributed by atoms with E-state index in [0.29, 0.717) is 32.3 Å². The van der Waals surface area contributed by atoms with Crippen molar-refractivity contribution in [2.75, 3.05) is 13.2 Å². The molecule has 1 heterocycles. The number of amides is 2. The molecule has 1 saturated carbocycles. The highest BCUT2D eigenvalue weighted by Gasteiger charge is 2.36. The van der Waals surface area contributed by atoms with Gasteiger partial charge in [-0.1, -0.05) is 97.8 Å². The smallest absolute Gasteiger partial charge is 0.309 e. The van der Waals surface area contributed by atoms with Crippen LogP contribution in [0.3, 0.4) is 0 Å². The lowest BCUT2D eigenvalue weighted by Gasteiger charge is -2.29. The van der Waals surface area contributed by atoms with Gasteiger partial charge >= 0.3 is 5.97 Å². The van der Waals surface area contributed by atoms with Crippen LogP contribution in [0.25, 0.3) is 0 Å². The van der Waals surface area contributed by atoms with E-state index in [2.05, 4.69) is 10.6 Å². The molecule has 8 heteroatoms. The van der Waals surface area contributed by atoms with Crippen molar-refractivity contribution < 1.29 is 29.0 Å². The van der Waals surface area contributed by atoms with Gasteiger partial charge in [0, 0.05) is 6.42 Å². The third kappa shape index (κ3) is 10.3. The van der Waals surface area contributed by atoms with Crippen molar-refractivity contribution in [2.45, 2.75) is 76.0 Å². The molecule has 2 amide bonds. The van der Waals surface area contributed by atoms with E-state index in [1.165, 1.54) is 0 Å². The zero-order valence-electron chi connectivity index (χ0n) is 26.9. The fourth-order valence-corrected chi connectivity index (χ4v) is 6.43. The number of hydrogen-bond acceptors (Lipinski definition) is 6. The van der Waals surface area contributed by atoms with Crippen LogP contribution in [-0.2, 0) is 38.6 Å². The molecule has 1 aliphatic carbocycles. The molecule has 3 aromatic rings. The van der Waals surface area contributed by atoms with Crippen molar-refractivity contribution in [1.29, 1.82) is 0 Å². The van der Waals surface area contributed by atoms with Crippen molar-refractivity contribution in [2.24, 2.45) is 11.8 Å². The van der Waals surface area contributed by atoms with Crippen LogP contribution in [-0.4, -0.2) is 47.7 Å². The van der Waals surface area contributed by atoms with Gasteiger partial charge in [0.2, 0.25) is 11.8 Å². The van der Waals surface area contributed by atoms with Crippen LogP contribution < -0.4 is 15.4 Å². The van der Waals surface area contributed by atoms with Crippen molar-refractivity contribution in [3.8, 4) is 5.75 Å². The second kappa shape index (κ2) is 16.9. The molecule has 0 unspecified atom stereocenters. The van der Waals surface area contributed by atoms with Crippen molar-refractivity contribution >= 4 is 17.8 Å². The summed E-state index contributed by atoms with van der Waals surface area (Å²) >= 11 is 0. The molecule has 0 radical (unpaired) electrons. The number of carbonyl (C=O) groups is 3. The van der Waals surface area contributed by atoms with E-state index in [9.17, 15) is 19.5 Å². The number of rotatable bonds is 11. The molecule has 248 valence electrons. The van der Waals surface area contributed by atoms with E-state index in [-0.39, 0.29) is 43.3 Å². The molecular weight excluding hydrogens is 592 g/mol. The first-order valence-electron chi connectivity index (χ1n) is 16.7. The highest BCUT2D eigenvalue weighted by Crippen LogP contribution is 2.29. The fraction of sp³-hybridized carbons (Fsp3) is 0.410. The molecule has 1 fully saturated rings. The number of aliphatic hydroxyl groups is 1. The van der Waals surface area contributed by atoms with Gasteiger partial charge in [0.15, 0.2) is 0 Å². The summed E-state index contributed by atoms with van der Waals surface area (Å²) in [5.74, 6) is -1.06. The highest BCUT2D eigenvalue weighted by atomic mass is 16.5. The Balaban J connectivity index is 1.29. The third-order valence-corrected chi connectivity index (χ3v) is 9.16. The standard InChI is InChI=1S/C39H46N2O6/c42-28-39(21-9-10-22-39)41-36(43)25-32-15-7-8-16-33(23-29-11-3-1-4-12-29)38(45)47-27-34(40-37(32)44)24-30-17-19-35(20-18-30)46-26-31-13-5-2-6-14-31/h1-8,11-14,17-20,32-34,42H,9-10,15-16,21-28H2,(H,40,44)(H,41,43)/t32-,33-,34+/m1/s1. The van der Waals surface area contributed by atoms with Crippen molar-refractivity contribution in [3.05, 3.63) is 114 Å². The summed E-state index contributed by atoms with van der Waals surface area (Å²) in [7, 11) is 0. The molecule has 5 rings (SSSR count). The van der Waals surface area contributed by atoms with Crippen LogP contribution in [0, 0.1) is 11.8 Å². The number of carbonyl (C=O) groups excluding carboxylic acids is 3. The predicted molar refractivity (Wildman–Crippen MR) is 180 cm³/mol. The van der Waals surface area contributed by atoms with Gasteiger partial charge < -0.3 is 25.2 Å². The summed E-state index contributed by atoms with van der Waals surface area (Å²) < 4.78 is 11.8. The van der Waals surface area contributed by atoms with Crippen LogP contribution in [0.5, 0.6) is 5.75 Å². The molecule has 3 atom stereocenters. The summed E-state index contributed by atoms with van der Waals surface area (Å²) in [4.78, 5) is 40.2. The molecule has 47 heavy (non-hydrogen) atoms. The summed E-state index contributed by atoms with van der Waals surface area (Å²) in [5, 5.41) is 16.1. The predicted octanol–water partition coefficient (Wildman–Crippen LogP) is 5.47. The van der Waals surface area contributed by atoms with Crippen LogP contribution in [0.4, 0.5) is 0 Å². The first-order valence-corrected chi connectivity index (χ1v) is 16.7. The van der Waals surface area contributed by atoms with Crippen LogP contribution in [0.15, 0.2) is 97.1 Å². The third-order valence-electron chi connectivity index (χ3n) is 9.16. The van der Waals surface area contributed by atoms with Gasteiger partial charge in [-0.3, -0.25) is 14.4 Å². The molecule has 0 aromatic heterocycles. The molecule has 0 spiro atoms.